The van der Waals surface area contributed by atoms with Crippen LogP contribution in [0.2, 0.25) is 0 Å². The smallest absolute Gasteiger partial charge is 0.334 e. The van der Waals surface area contributed by atoms with Gasteiger partial charge in [0.25, 0.3) is 0 Å². The summed E-state index contributed by atoms with van der Waals surface area (Å²) in [7, 11) is 1.32. The number of fused-ring (bicyclic) bond motifs is 1. The highest BCUT2D eigenvalue weighted by atomic mass is 16.5. The van der Waals surface area contributed by atoms with E-state index in [0.717, 1.165) is 16.7 Å². The zero-order valence-corrected chi connectivity index (χ0v) is 13.3. The lowest BCUT2D eigenvalue weighted by Gasteiger charge is -2.26. The molecule has 1 aliphatic rings. The fourth-order valence-electron chi connectivity index (χ4n) is 3.05. The lowest BCUT2D eigenvalue weighted by atomic mass is 9.94. The first-order valence-electron chi connectivity index (χ1n) is 7.58. The van der Waals surface area contributed by atoms with Gasteiger partial charge in [0, 0.05) is 18.5 Å². The molecule has 1 N–H and O–H groups in total. The van der Waals surface area contributed by atoms with Crippen molar-refractivity contribution in [3.63, 3.8) is 0 Å². The fraction of sp³-hybridized carbons (Fsp3) is 0.263. The van der Waals surface area contributed by atoms with Gasteiger partial charge in [-0.15, -0.1) is 0 Å². The van der Waals surface area contributed by atoms with E-state index in [2.05, 4.69) is 5.32 Å². The van der Waals surface area contributed by atoms with Gasteiger partial charge in [0.05, 0.1) is 7.11 Å². The maximum atomic E-state index is 12.9. The van der Waals surface area contributed by atoms with Gasteiger partial charge >= 0.3 is 5.97 Å². The van der Waals surface area contributed by atoms with Crippen molar-refractivity contribution >= 4 is 11.8 Å². The number of aryl methyl sites for hydroxylation is 1. The standard InChI is InChI=1S/C19H19NO3/c1-13-8-9-15-11-19(18(22)23-2,17(21)16(15)10-13)20-12-14-6-4-3-5-7-14/h3-10,20H,11-12H2,1-2H3. The highest BCUT2D eigenvalue weighted by Crippen LogP contribution is 2.32. The Morgan fingerprint density at radius 1 is 1.22 bits per heavy atom. The minimum atomic E-state index is -1.33. The molecule has 2 aromatic carbocycles. The Balaban J connectivity index is 1.93. The number of Topliss-reactive ketones (excluding diaryl/α,β-unsaturated/α-hetero) is 1. The third kappa shape index (κ3) is 2.66. The Labute approximate surface area is 135 Å². The molecule has 4 nitrogen and oxygen atoms in total. The average molecular weight is 309 g/mol. The van der Waals surface area contributed by atoms with Crippen molar-refractivity contribution in [2.24, 2.45) is 0 Å². The van der Waals surface area contributed by atoms with E-state index in [1.54, 1.807) is 0 Å². The third-order valence-electron chi connectivity index (χ3n) is 4.32. The average Bonchev–Trinajstić information content (AvgIpc) is 2.86. The highest BCUT2D eigenvalue weighted by Gasteiger charge is 2.52. The molecule has 23 heavy (non-hydrogen) atoms. The Morgan fingerprint density at radius 2 is 1.96 bits per heavy atom. The number of hydrogen-bond acceptors (Lipinski definition) is 4. The summed E-state index contributed by atoms with van der Waals surface area (Å²) in [6.45, 7) is 2.36. The fourth-order valence-corrected chi connectivity index (χ4v) is 3.05. The normalized spacial score (nSPS) is 19.5. The molecule has 0 fully saturated rings. The molecule has 1 unspecified atom stereocenters. The van der Waals surface area contributed by atoms with Crippen LogP contribution in [0.1, 0.15) is 27.0 Å². The number of carbonyl (C=O) groups is 2. The van der Waals surface area contributed by atoms with E-state index in [-0.39, 0.29) is 5.78 Å². The molecular weight excluding hydrogens is 290 g/mol. The van der Waals surface area contributed by atoms with Gasteiger partial charge in [0.2, 0.25) is 0 Å². The summed E-state index contributed by atoms with van der Waals surface area (Å²) in [5, 5.41) is 3.15. The van der Waals surface area contributed by atoms with Crippen LogP contribution >= 0.6 is 0 Å². The van der Waals surface area contributed by atoms with Crippen molar-refractivity contribution in [2.45, 2.75) is 25.4 Å². The van der Waals surface area contributed by atoms with Gasteiger partial charge in [-0.2, -0.15) is 0 Å². The van der Waals surface area contributed by atoms with Crippen LogP contribution in [0, 0.1) is 6.92 Å². The number of esters is 1. The van der Waals surface area contributed by atoms with E-state index >= 15 is 0 Å². The Hall–Kier alpha value is -2.46. The molecule has 0 aromatic heterocycles. The monoisotopic (exact) mass is 309 g/mol. The Bertz CT molecular complexity index is 754. The second kappa shape index (κ2) is 5.97. The third-order valence-corrected chi connectivity index (χ3v) is 4.32. The Kier molecular flexibility index (Phi) is 4.01. The van der Waals surface area contributed by atoms with E-state index in [4.69, 9.17) is 4.74 Å². The van der Waals surface area contributed by atoms with Crippen molar-refractivity contribution in [1.82, 2.24) is 5.32 Å². The summed E-state index contributed by atoms with van der Waals surface area (Å²) in [6.07, 6.45) is 0.320. The van der Waals surface area contributed by atoms with Gasteiger partial charge in [0.15, 0.2) is 11.3 Å². The van der Waals surface area contributed by atoms with Crippen LogP contribution in [0.3, 0.4) is 0 Å². The first-order chi connectivity index (χ1) is 11.1. The van der Waals surface area contributed by atoms with Crippen LogP contribution in [0.25, 0.3) is 0 Å². The van der Waals surface area contributed by atoms with Crippen LogP contribution in [0.15, 0.2) is 48.5 Å². The second-order valence-corrected chi connectivity index (χ2v) is 5.90. The van der Waals surface area contributed by atoms with E-state index in [0.29, 0.717) is 18.5 Å². The molecule has 0 saturated heterocycles. The minimum absolute atomic E-state index is 0.209. The second-order valence-electron chi connectivity index (χ2n) is 5.90. The molecule has 3 rings (SSSR count). The van der Waals surface area contributed by atoms with Crippen LogP contribution < -0.4 is 5.32 Å². The van der Waals surface area contributed by atoms with Gasteiger partial charge in [-0.1, -0.05) is 48.0 Å². The van der Waals surface area contributed by atoms with Crippen molar-refractivity contribution in [3.05, 3.63) is 70.8 Å². The van der Waals surface area contributed by atoms with Crippen molar-refractivity contribution < 1.29 is 14.3 Å². The molecule has 0 radical (unpaired) electrons. The molecule has 0 heterocycles. The zero-order chi connectivity index (χ0) is 16.4. The van der Waals surface area contributed by atoms with Crippen molar-refractivity contribution in [3.8, 4) is 0 Å². The lowest BCUT2D eigenvalue weighted by Crippen LogP contribution is -2.57. The van der Waals surface area contributed by atoms with E-state index < -0.39 is 11.5 Å². The lowest BCUT2D eigenvalue weighted by molar-refractivity contribution is -0.146. The summed E-state index contributed by atoms with van der Waals surface area (Å²) in [4.78, 5) is 25.3. The maximum Gasteiger partial charge on any atom is 0.334 e. The summed E-state index contributed by atoms with van der Waals surface area (Å²) < 4.78 is 4.94. The first-order valence-corrected chi connectivity index (χ1v) is 7.58. The molecule has 0 aliphatic heterocycles. The number of methoxy groups -OCH3 is 1. The van der Waals surface area contributed by atoms with Gasteiger partial charge in [-0.3, -0.25) is 10.1 Å². The Morgan fingerprint density at radius 3 is 2.65 bits per heavy atom. The van der Waals surface area contributed by atoms with E-state index in [1.165, 1.54) is 7.11 Å². The number of ketones is 1. The SMILES string of the molecule is COC(=O)C1(NCc2ccccc2)Cc2ccc(C)cc2C1=O. The number of rotatable bonds is 4. The number of benzene rings is 2. The zero-order valence-electron chi connectivity index (χ0n) is 13.3. The summed E-state index contributed by atoms with van der Waals surface area (Å²) in [5.41, 5.74) is 2.17. The van der Waals surface area contributed by atoms with Gasteiger partial charge < -0.3 is 4.74 Å². The van der Waals surface area contributed by atoms with Gasteiger partial charge in [-0.05, 0) is 24.1 Å². The molecule has 2 aromatic rings. The molecule has 0 saturated carbocycles. The predicted octanol–water partition coefficient (Wildman–Crippen LogP) is 2.44. The largest absolute Gasteiger partial charge is 0.467 e. The number of nitrogens with one attached hydrogen (secondary N) is 1. The van der Waals surface area contributed by atoms with E-state index in [9.17, 15) is 9.59 Å². The number of ether oxygens (including phenoxy) is 1. The maximum absolute atomic E-state index is 12.9. The summed E-state index contributed by atoms with van der Waals surface area (Å²) in [6, 6.07) is 15.4. The van der Waals surface area contributed by atoms with E-state index in [1.807, 2.05) is 55.5 Å². The van der Waals surface area contributed by atoms with Crippen molar-refractivity contribution in [2.75, 3.05) is 7.11 Å². The minimum Gasteiger partial charge on any atom is -0.467 e. The molecule has 4 heteroatoms. The summed E-state index contributed by atoms with van der Waals surface area (Å²) in [5.74, 6) is -0.744. The van der Waals surface area contributed by atoms with Crippen LogP contribution in [0.5, 0.6) is 0 Å². The van der Waals surface area contributed by atoms with Crippen molar-refractivity contribution in [1.29, 1.82) is 0 Å². The summed E-state index contributed by atoms with van der Waals surface area (Å²) >= 11 is 0. The first kappa shape index (κ1) is 15.4. The topological polar surface area (TPSA) is 55.4 Å². The van der Waals surface area contributed by atoms with Gasteiger partial charge in [-0.25, -0.2) is 4.79 Å². The molecule has 1 atom stereocenters. The van der Waals surface area contributed by atoms with Crippen LogP contribution in [0.4, 0.5) is 0 Å². The quantitative estimate of drug-likeness (QED) is 0.696. The predicted molar refractivity (Wildman–Crippen MR) is 87.2 cm³/mol. The van der Waals surface area contributed by atoms with Crippen LogP contribution in [-0.2, 0) is 22.5 Å². The molecule has 118 valence electrons. The highest BCUT2D eigenvalue weighted by molar-refractivity contribution is 6.20. The molecule has 1 aliphatic carbocycles. The molecule has 0 spiro atoms. The number of hydrogen-bond donors (Lipinski definition) is 1. The number of carbonyl (C=O) groups excluding carboxylic acids is 2. The molecule has 0 amide bonds. The molecular formula is C19H19NO3. The van der Waals surface area contributed by atoms with Gasteiger partial charge in [0.1, 0.15) is 0 Å². The molecule has 0 bridgehead atoms. The van der Waals surface area contributed by atoms with Crippen LogP contribution in [-0.4, -0.2) is 24.4 Å².